The van der Waals surface area contributed by atoms with Crippen LogP contribution in [0.2, 0.25) is 0 Å². The van der Waals surface area contributed by atoms with Crippen LogP contribution in [0.3, 0.4) is 0 Å². The molecule has 5 atom stereocenters. The van der Waals surface area contributed by atoms with E-state index in [-0.39, 0.29) is 23.1 Å². The summed E-state index contributed by atoms with van der Waals surface area (Å²) in [6.07, 6.45) is 2.87. The third kappa shape index (κ3) is 4.58. The highest BCUT2D eigenvalue weighted by atomic mass is 35.5. The molecular weight excluding hydrogens is 358 g/mol. The number of carboxylic acids is 1. The lowest BCUT2D eigenvalue weighted by atomic mass is 9.67. The van der Waals surface area contributed by atoms with Gasteiger partial charge in [0.15, 0.2) is 5.38 Å². The lowest BCUT2D eigenvalue weighted by Crippen LogP contribution is -2.38. The van der Waals surface area contributed by atoms with E-state index in [9.17, 15) is 14.7 Å². The van der Waals surface area contributed by atoms with Crippen LogP contribution in [0.1, 0.15) is 60.3 Å². The third-order valence-corrected chi connectivity index (χ3v) is 6.18. The van der Waals surface area contributed by atoms with E-state index in [4.69, 9.17) is 21.1 Å². The minimum Gasteiger partial charge on any atom is -0.480 e. The van der Waals surface area contributed by atoms with Crippen LogP contribution in [0.25, 0.3) is 0 Å². The summed E-state index contributed by atoms with van der Waals surface area (Å²) in [5.74, 6) is -1.41. The van der Waals surface area contributed by atoms with Crippen molar-refractivity contribution in [2.75, 3.05) is 0 Å². The number of alkyl halides is 1. The summed E-state index contributed by atoms with van der Waals surface area (Å²) in [5.41, 5.74) is 0.347. The molecule has 7 heteroatoms. The largest absolute Gasteiger partial charge is 0.480 e. The van der Waals surface area contributed by atoms with Crippen molar-refractivity contribution in [1.29, 1.82) is 0 Å². The molecule has 1 saturated carbocycles. The zero-order chi connectivity index (χ0) is 19.6. The van der Waals surface area contributed by atoms with Crippen molar-refractivity contribution in [2.45, 2.75) is 84.1 Å². The van der Waals surface area contributed by atoms with Gasteiger partial charge in [0.25, 0.3) is 0 Å². The molecule has 0 aromatic carbocycles. The predicted molar refractivity (Wildman–Crippen MR) is 99.5 cm³/mol. The molecule has 148 valence electrons. The molecule has 1 N–H and O–H groups in total. The number of ether oxygens (including phenoxy) is 2. The zero-order valence-corrected chi connectivity index (χ0v) is 17.0. The molecule has 26 heavy (non-hydrogen) atoms. The molecule has 1 saturated heterocycles. The van der Waals surface area contributed by atoms with Crippen LogP contribution in [0, 0.1) is 17.3 Å². The first-order chi connectivity index (χ1) is 12.0. The molecule has 1 aliphatic carbocycles. The van der Waals surface area contributed by atoms with Crippen molar-refractivity contribution < 1.29 is 24.2 Å². The van der Waals surface area contributed by atoms with Crippen LogP contribution in [0.4, 0.5) is 0 Å². The number of hydrogen-bond donors (Lipinski definition) is 1. The molecule has 2 aliphatic rings. The van der Waals surface area contributed by atoms with Gasteiger partial charge >= 0.3 is 11.9 Å². The Kier molecular flexibility index (Phi) is 6.72. The van der Waals surface area contributed by atoms with Crippen LogP contribution < -0.4 is 0 Å². The first kappa shape index (κ1) is 21.2. The maximum Gasteiger partial charge on any atom is 0.332 e. The van der Waals surface area contributed by atoms with Crippen molar-refractivity contribution in [2.24, 2.45) is 22.2 Å². The van der Waals surface area contributed by atoms with E-state index in [1.54, 1.807) is 13.8 Å². The van der Waals surface area contributed by atoms with Gasteiger partial charge in [-0.3, -0.25) is 4.99 Å². The average Bonchev–Trinajstić information content (AvgIpc) is 2.78. The first-order valence-electron chi connectivity index (χ1n) is 9.35. The molecule has 0 aromatic heterocycles. The maximum atomic E-state index is 11.9. The molecule has 0 amide bonds. The SMILES string of the molecule is CC(C)[C@H](N=C1C(Cl)C(=O)O[C@@H]1OC1CCCC(C)(C(C)C)C1)C(=O)O. The van der Waals surface area contributed by atoms with Crippen LogP contribution >= 0.6 is 11.6 Å². The van der Waals surface area contributed by atoms with Crippen LogP contribution in [-0.4, -0.2) is 46.6 Å². The number of nitrogens with zero attached hydrogens (tertiary/aromatic N) is 1. The summed E-state index contributed by atoms with van der Waals surface area (Å²) in [6, 6.07) is -0.987. The van der Waals surface area contributed by atoms with Gasteiger partial charge in [-0.2, -0.15) is 0 Å². The van der Waals surface area contributed by atoms with Gasteiger partial charge in [-0.05, 0) is 36.5 Å². The number of carboxylic acid groups (broad SMARTS) is 1. The van der Waals surface area contributed by atoms with Crippen molar-refractivity contribution in [3.8, 4) is 0 Å². The monoisotopic (exact) mass is 387 g/mol. The smallest absolute Gasteiger partial charge is 0.332 e. The quantitative estimate of drug-likeness (QED) is 0.555. The topological polar surface area (TPSA) is 85.2 Å². The van der Waals surface area contributed by atoms with Crippen molar-refractivity contribution >= 4 is 29.3 Å². The van der Waals surface area contributed by atoms with Crippen LogP contribution in [0.15, 0.2) is 4.99 Å². The highest BCUT2D eigenvalue weighted by molar-refractivity contribution is 6.44. The molecular formula is C19H30ClNO5. The number of halogens is 1. The second kappa shape index (κ2) is 8.26. The van der Waals surface area contributed by atoms with Crippen molar-refractivity contribution in [3.05, 3.63) is 0 Å². The number of rotatable bonds is 6. The van der Waals surface area contributed by atoms with Gasteiger partial charge in [0, 0.05) is 0 Å². The van der Waals surface area contributed by atoms with Crippen LogP contribution in [-0.2, 0) is 19.1 Å². The van der Waals surface area contributed by atoms with Gasteiger partial charge in [-0.15, -0.1) is 11.6 Å². The van der Waals surface area contributed by atoms with E-state index < -0.39 is 29.6 Å². The zero-order valence-electron chi connectivity index (χ0n) is 16.2. The molecule has 0 bridgehead atoms. The molecule has 3 unspecified atom stereocenters. The van der Waals surface area contributed by atoms with Crippen molar-refractivity contribution in [1.82, 2.24) is 0 Å². The normalized spacial score (nSPS) is 35.2. The van der Waals surface area contributed by atoms with Gasteiger partial charge in [-0.25, -0.2) is 9.59 Å². The lowest BCUT2D eigenvalue weighted by Gasteiger charge is -2.41. The lowest BCUT2D eigenvalue weighted by molar-refractivity contribution is -0.169. The summed E-state index contributed by atoms with van der Waals surface area (Å²) in [7, 11) is 0. The fourth-order valence-electron chi connectivity index (χ4n) is 3.61. The Morgan fingerprint density at radius 2 is 2.04 bits per heavy atom. The van der Waals surface area contributed by atoms with Gasteiger partial charge in [0.05, 0.1) is 6.10 Å². The Labute approximate surface area is 160 Å². The summed E-state index contributed by atoms with van der Waals surface area (Å²) in [6.45, 7) is 10.2. The fraction of sp³-hybridized carbons (Fsp3) is 0.842. The molecule has 2 rings (SSSR count). The number of aliphatic imine (C=N–C) groups is 1. The predicted octanol–water partition coefficient (Wildman–Crippen LogP) is 3.65. The van der Waals surface area contributed by atoms with E-state index in [2.05, 4.69) is 25.8 Å². The standard InChI is InChI=1S/C19H30ClNO5/c1-10(2)14(16(22)23)21-15-13(20)17(24)26-18(15)25-12-7-6-8-19(5,9-12)11(3)4/h10-14,18H,6-9H2,1-5H3,(H,22,23)/t12?,13?,14-,18-,19?/m0/s1. The van der Waals surface area contributed by atoms with Gasteiger partial charge in [0.1, 0.15) is 11.8 Å². The Bertz CT molecular complexity index is 576. The fourth-order valence-corrected chi connectivity index (χ4v) is 3.82. The highest BCUT2D eigenvalue weighted by Crippen LogP contribution is 2.43. The molecule has 1 aliphatic heterocycles. The van der Waals surface area contributed by atoms with E-state index in [0.717, 1.165) is 25.7 Å². The number of carbonyl (C=O) groups excluding carboxylic acids is 1. The van der Waals surface area contributed by atoms with E-state index in [1.807, 2.05) is 0 Å². The Morgan fingerprint density at radius 1 is 1.38 bits per heavy atom. The maximum absolute atomic E-state index is 11.9. The third-order valence-electron chi connectivity index (χ3n) is 5.78. The number of carbonyl (C=O) groups is 2. The second-order valence-corrected chi connectivity index (χ2v) is 8.81. The van der Waals surface area contributed by atoms with E-state index >= 15 is 0 Å². The van der Waals surface area contributed by atoms with Gasteiger partial charge < -0.3 is 14.6 Å². The number of hydrogen-bond acceptors (Lipinski definition) is 5. The molecule has 1 heterocycles. The van der Waals surface area contributed by atoms with Crippen molar-refractivity contribution in [3.63, 3.8) is 0 Å². The number of cyclic esters (lactones) is 1. The Morgan fingerprint density at radius 3 is 2.58 bits per heavy atom. The number of aliphatic carboxylic acids is 1. The first-order valence-corrected chi connectivity index (χ1v) is 9.79. The molecule has 0 radical (unpaired) electrons. The highest BCUT2D eigenvalue weighted by Gasteiger charge is 2.45. The summed E-state index contributed by atoms with van der Waals surface area (Å²) < 4.78 is 11.3. The van der Waals surface area contributed by atoms with E-state index in [0.29, 0.717) is 5.92 Å². The minimum atomic E-state index is -1.10. The summed E-state index contributed by atoms with van der Waals surface area (Å²) in [4.78, 5) is 27.6. The molecule has 0 aromatic rings. The van der Waals surface area contributed by atoms with E-state index in [1.165, 1.54) is 0 Å². The Balaban J connectivity index is 2.18. The Hall–Kier alpha value is -1.14. The molecule has 6 nitrogen and oxygen atoms in total. The average molecular weight is 388 g/mol. The summed E-state index contributed by atoms with van der Waals surface area (Å²) >= 11 is 6.12. The molecule has 2 fully saturated rings. The second-order valence-electron chi connectivity index (χ2n) is 8.38. The van der Waals surface area contributed by atoms with Crippen LogP contribution in [0.5, 0.6) is 0 Å². The minimum absolute atomic E-state index is 0.0663. The van der Waals surface area contributed by atoms with Gasteiger partial charge in [-0.1, -0.05) is 41.0 Å². The molecule has 0 spiro atoms. The van der Waals surface area contributed by atoms with Gasteiger partial charge in [0.2, 0.25) is 6.29 Å². The number of esters is 1. The summed E-state index contributed by atoms with van der Waals surface area (Å²) in [5, 5.41) is 8.28.